The lowest BCUT2D eigenvalue weighted by molar-refractivity contribution is -0.385. The molecule has 6 heteroatoms. The van der Waals surface area contributed by atoms with Crippen molar-refractivity contribution in [2.24, 2.45) is 0 Å². The van der Waals surface area contributed by atoms with Crippen LogP contribution in [0.5, 0.6) is 0 Å². The Morgan fingerprint density at radius 3 is 2.54 bits per heavy atom. The lowest BCUT2D eigenvalue weighted by atomic mass is 10.2. The van der Waals surface area contributed by atoms with E-state index in [9.17, 15) is 10.1 Å². The smallest absolute Gasteiger partial charge is 0.258 e. The fourth-order valence-electron chi connectivity index (χ4n) is 0.908. The molecule has 0 aliphatic heterocycles. The van der Waals surface area contributed by atoms with Gasteiger partial charge in [-0.3, -0.25) is 10.1 Å². The lowest BCUT2D eigenvalue weighted by Crippen LogP contribution is -1.96. The van der Waals surface area contributed by atoms with Crippen molar-refractivity contribution < 1.29 is 4.92 Å². The van der Waals surface area contributed by atoms with E-state index in [0.717, 1.165) is 3.57 Å². The largest absolute Gasteiger partial charge is 0.293 e. The van der Waals surface area contributed by atoms with Crippen molar-refractivity contribution in [3.8, 4) is 0 Å². The van der Waals surface area contributed by atoms with Crippen LogP contribution in [0, 0.1) is 13.7 Å². The molecule has 3 nitrogen and oxygen atoms in total. The van der Waals surface area contributed by atoms with Crippen LogP contribution in [-0.4, -0.2) is 4.92 Å². The topological polar surface area (TPSA) is 43.1 Å². The first-order valence-electron chi connectivity index (χ1n) is 3.25. The number of benzene rings is 1. The second kappa shape index (κ2) is 4.43. The Morgan fingerprint density at radius 2 is 2.15 bits per heavy atom. The van der Waals surface area contributed by atoms with E-state index in [-0.39, 0.29) is 16.6 Å². The second-order valence-electron chi connectivity index (χ2n) is 2.25. The van der Waals surface area contributed by atoms with E-state index in [0.29, 0.717) is 5.56 Å². The van der Waals surface area contributed by atoms with Crippen molar-refractivity contribution in [1.82, 2.24) is 0 Å². The zero-order chi connectivity index (χ0) is 10.0. The minimum absolute atomic E-state index is 0.0924. The van der Waals surface area contributed by atoms with Gasteiger partial charge in [0, 0.05) is 3.57 Å². The molecule has 0 aromatic heterocycles. The van der Waals surface area contributed by atoms with Crippen molar-refractivity contribution in [3.05, 3.63) is 36.4 Å². The number of halogens is 3. The summed E-state index contributed by atoms with van der Waals surface area (Å²) in [5.41, 5.74) is 0.378. The SMILES string of the molecule is O=[N+]([O-])c1c(Cl)ccc(I)c1CCl. The summed E-state index contributed by atoms with van der Waals surface area (Å²) in [5.74, 6) is 0.0924. The summed E-state index contributed by atoms with van der Waals surface area (Å²) in [6.07, 6.45) is 0. The van der Waals surface area contributed by atoms with Crippen LogP contribution in [0.2, 0.25) is 5.02 Å². The average Bonchev–Trinajstić information content (AvgIpc) is 2.07. The summed E-state index contributed by atoms with van der Waals surface area (Å²) in [6.45, 7) is 0. The molecule has 0 unspecified atom stereocenters. The number of nitro benzene ring substituents is 1. The number of alkyl halides is 1. The Morgan fingerprint density at radius 1 is 1.54 bits per heavy atom. The van der Waals surface area contributed by atoms with Crippen LogP contribution in [0.4, 0.5) is 5.69 Å². The molecule has 70 valence electrons. The monoisotopic (exact) mass is 331 g/mol. The predicted octanol–water partition coefficient (Wildman–Crippen LogP) is 3.59. The number of hydrogen-bond donors (Lipinski definition) is 0. The van der Waals surface area contributed by atoms with Gasteiger partial charge in [0.1, 0.15) is 5.02 Å². The Hall–Kier alpha value is -0.0700. The maximum Gasteiger partial charge on any atom is 0.293 e. The molecule has 0 N–H and O–H groups in total. The van der Waals surface area contributed by atoms with Gasteiger partial charge in [-0.15, -0.1) is 11.6 Å². The van der Waals surface area contributed by atoms with Crippen molar-refractivity contribution in [2.75, 3.05) is 0 Å². The number of hydrogen-bond acceptors (Lipinski definition) is 2. The first kappa shape index (κ1) is 11.0. The molecule has 0 radical (unpaired) electrons. The minimum Gasteiger partial charge on any atom is -0.258 e. The second-order valence-corrected chi connectivity index (χ2v) is 4.08. The molecule has 0 aliphatic rings. The summed E-state index contributed by atoms with van der Waals surface area (Å²) in [7, 11) is 0. The number of nitrogens with zero attached hydrogens (tertiary/aromatic N) is 1. The molecule has 13 heavy (non-hydrogen) atoms. The van der Waals surface area contributed by atoms with Gasteiger partial charge in [0.2, 0.25) is 0 Å². The molecule has 1 aromatic rings. The summed E-state index contributed by atoms with van der Waals surface area (Å²) >= 11 is 13.2. The van der Waals surface area contributed by atoms with E-state index in [4.69, 9.17) is 23.2 Å². The van der Waals surface area contributed by atoms with E-state index in [1.807, 2.05) is 22.6 Å². The van der Waals surface area contributed by atoms with Crippen LogP contribution < -0.4 is 0 Å². The van der Waals surface area contributed by atoms with E-state index < -0.39 is 4.92 Å². The van der Waals surface area contributed by atoms with E-state index in [1.54, 1.807) is 6.07 Å². The van der Waals surface area contributed by atoms with Gasteiger partial charge in [-0.25, -0.2) is 0 Å². The van der Waals surface area contributed by atoms with Crippen molar-refractivity contribution in [1.29, 1.82) is 0 Å². The van der Waals surface area contributed by atoms with Crippen LogP contribution >= 0.6 is 45.8 Å². The van der Waals surface area contributed by atoms with Crippen molar-refractivity contribution >= 4 is 51.5 Å². The van der Waals surface area contributed by atoms with Gasteiger partial charge in [0.15, 0.2) is 0 Å². The predicted molar refractivity (Wildman–Crippen MR) is 60.4 cm³/mol. The maximum atomic E-state index is 10.6. The van der Waals surface area contributed by atoms with Gasteiger partial charge >= 0.3 is 0 Å². The highest BCUT2D eigenvalue weighted by atomic mass is 127. The van der Waals surface area contributed by atoms with Crippen LogP contribution in [0.15, 0.2) is 12.1 Å². The van der Waals surface area contributed by atoms with Crippen LogP contribution in [0.1, 0.15) is 5.56 Å². The van der Waals surface area contributed by atoms with Gasteiger partial charge in [-0.05, 0) is 34.7 Å². The van der Waals surface area contributed by atoms with Crippen LogP contribution in [0.25, 0.3) is 0 Å². The van der Waals surface area contributed by atoms with Gasteiger partial charge in [0.05, 0.1) is 16.4 Å². The van der Waals surface area contributed by atoms with Gasteiger partial charge in [-0.2, -0.15) is 0 Å². The molecule has 0 saturated heterocycles. The molecule has 0 fully saturated rings. The molecular weight excluding hydrogens is 328 g/mol. The van der Waals surface area contributed by atoms with E-state index in [1.165, 1.54) is 6.07 Å². The van der Waals surface area contributed by atoms with Gasteiger partial charge in [0.25, 0.3) is 5.69 Å². The summed E-state index contributed by atoms with van der Waals surface area (Å²) in [4.78, 5) is 10.1. The van der Waals surface area contributed by atoms with Crippen molar-refractivity contribution in [3.63, 3.8) is 0 Å². The minimum atomic E-state index is -0.512. The van der Waals surface area contributed by atoms with Crippen LogP contribution in [0.3, 0.4) is 0 Å². The van der Waals surface area contributed by atoms with Crippen molar-refractivity contribution in [2.45, 2.75) is 5.88 Å². The summed E-state index contributed by atoms with van der Waals surface area (Å²) in [5, 5.41) is 10.7. The normalized spacial score (nSPS) is 10.1. The fourth-order valence-corrected chi connectivity index (χ4v) is 2.28. The maximum absolute atomic E-state index is 10.6. The highest BCUT2D eigenvalue weighted by molar-refractivity contribution is 14.1. The Labute approximate surface area is 98.3 Å². The molecular formula is C7H4Cl2INO2. The Bertz CT molecular complexity index is 357. The Kier molecular flexibility index (Phi) is 3.75. The van der Waals surface area contributed by atoms with E-state index in [2.05, 4.69) is 0 Å². The molecule has 0 bridgehead atoms. The fraction of sp³-hybridized carbons (Fsp3) is 0.143. The molecule has 0 saturated carbocycles. The quantitative estimate of drug-likeness (QED) is 0.360. The lowest BCUT2D eigenvalue weighted by Gasteiger charge is -2.02. The molecule has 0 amide bonds. The third kappa shape index (κ3) is 2.24. The average molecular weight is 332 g/mol. The molecule has 1 rings (SSSR count). The standard InChI is InChI=1S/C7H4Cl2INO2/c8-3-4-6(10)2-1-5(9)7(4)11(12)13/h1-2H,3H2. The van der Waals surface area contributed by atoms with E-state index >= 15 is 0 Å². The number of nitro groups is 1. The highest BCUT2D eigenvalue weighted by Gasteiger charge is 2.20. The first-order valence-corrected chi connectivity index (χ1v) is 5.24. The van der Waals surface area contributed by atoms with Gasteiger partial charge in [-0.1, -0.05) is 11.6 Å². The third-order valence-corrected chi connectivity index (χ3v) is 3.08. The molecule has 0 atom stereocenters. The highest BCUT2D eigenvalue weighted by Crippen LogP contribution is 2.32. The zero-order valence-electron chi connectivity index (χ0n) is 6.26. The third-order valence-electron chi connectivity index (χ3n) is 1.49. The summed E-state index contributed by atoms with van der Waals surface area (Å²) in [6, 6.07) is 3.20. The molecule has 0 heterocycles. The van der Waals surface area contributed by atoms with Gasteiger partial charge < -0.3 is 0 Å². The molecule has 1 aromatic carbocycles. The molecule has 0 aliphatic carbocycles. The Balaban J connectivity index is 3.43. The van der Waals surface area contributed by atoms with Crippen LogP contribution in [-0.2, 0) is 5.88 Å². The zero-order valence-corrected chi connectivity index (χ0v) is 9.93. The first-order chi connectivity index (χ1) is 6.07. The summed E-state index contributed by atoms with van der Waals surface area (Å²) < 4.78 is 0.753. The molecule has 0 spiro atoms. The number of rotatable bonds is 2.